The lowest BCUT2D eigenvalue weighted by Crippen LogP contribution is -2.30. The van der Waals surface area contributed by atoms with E-state index in [9.17, 15) is 14.7 Å². The molecule has 4 rings (SSSR count). The molecule has 0 radical (unpaired) electrons. The molecular weight excluding hydrogens is 410 g/mol. The topological polar surface area (TPSA) is 57.6 Å². The summed E-state index contributed by atoms with van der Waals surface area (Å²) in [4.78, 5) is 27.6. The SMILES string of the molecule is O=C(/C=C/c1ccccc1)C1=C(O)C(=O)N(Cc2ccccc2)C1c1ccccc1Cl. The van der Waals surface area contributed by atoms with Crippen LogP contribution in [0.1, 0.15) is 22.7 Å². The molecule has 31 heavy (non-hydrogen) atoms. The Balaban J connectivity index is 1.74. The van der Waals surface area contributed by atoms with E-state index in [1.165, 1.54) is 11.0 Å². The lowest BCUT2D eigenvalue weighted by Gasteiger charge is -2.27. The first-order valence-electron chi connectivity index (χ1n) is 9.86. The molecule has 5 heteroatoms. The summed E-state index contributed by atoms with van der Waals surface area (Å²) in [6, 6.07) is 25.1. The monoisotopic (exact) mass is 429 g/mol. The number of carbonyl (C=O) groups is 2. The van der Waals surface area contributed by atoms with Crippen molar-refractivity contribution in [2.45, 2.75) is 12.6 Å². The predicted octanol–water partition coefficient (Wildman–Crippen LogP) is 5.52. The predicted molar refractivity (Wildman–Crippen MR) is 121 cm³/mol. The van der Waals surface area contributed by atoms with E-state index in [2.05, 4.69) is 0 Å². The summed E-state index contributed by atoms with van der Waals surface area (Å²) in [6.45, 7) is 0.235. The van der Waals surface area contributed by atoms with Crippen molar-refractivity contribution in [2.24, 2.45) is 0 Å². The minimum atomic E-state index is -0.783. The number of aliphatic hydroxyl groups excluding tert-OH is 1. The summed E-state index contributed by atoms with van der Waals surface area (Å²) >= 11 is 6.44. The number of amides is 1. The average Bonchev–Trinajstić information content (AvgIpc) is 3.04. The van der Waals surface area contributed by atoms with Gasteiger partial charge in [0, 0.05) is 11.6 Å². The fraction of sp³-hybridized carbons (Fsp3) is 0.0769. The van der Waals surface area contributed by atoms with Gasteiger partial charge >= 0.3 is 0 Å². The average molecular weight is 430 g/mol. The first-order valence-corrected chi connectivity index (χ1v) is 10.2. The Morgan fingerprint density at radius 2 is 1.55 bits per heavy atom. The largest absolute Gasteiger partial charge is 0.503 e. The van der Waals surface area contributed by atoms with Crippen molar-refractivity contribution in [1.82, 2.24) is 4.90 Å². The number of hydrogen-bond acceptors (Lipinski definition) is 3. The number of allylic oxidation sites excluding steroid dienone is 1. The van der Waals surface area contributed by atoms with Crippen LogP contribution in [0.4, 0.5) is 0 Å². The van der Waals surface area contributed by atoms with Gasteiger partial charge in [0.1, 0.15) is 0 Å². The maximum Gasteiger partial charge on any atom is 0.290 e. The summed E-state index contributed by atoms with van der Waals surface area (Å²) in [5, 5.41) is 11.1. The van der Waals surface area contributed by atoms with Crippen molar-refractivity contribution in [1.29, 1.82) is 0 Å². The van der Waals surface area contributed by atoms with Gasteiger partial charge in [-0.15, -0.1) is 0 Å². The smallest absolute Gasteiger partial charge is 0.290 e. The number of halogens is 1. The van der Waals surface area contributed by atoms with E-state index in [1.54, 1.807) is 30.3 Å². The quantitative estimate of drug-likeness (QED) is 0.525. The highest BCUT2D eigenvalue weighted by Gasteiger charge is 2.43. The molecule has 0 saturated heterocycles. The van der Waals surface area contributed by atoms with Crippen LogP contribution in [0, 0.1) is 0 Å². The molecule has 154 valence electrons. The third-order valence-corrected chi connectivity index (χ3v) is 5.54. The lowest BCUT2D eigenvalue weighted by molar-refractivity contribution is -0.130. The third kappa shape index (κ3) is 4.30. The maximum atomic E-state index is 13.1. The Hall–Kier alpha value is -3.63. The van der Waals surface area contributed by atoms with Crippen LogP contribution in [-0.4, -0.2) is 21.7 Å². The van der Waals surface area contributed by atoms with Crippen molar-refractivity contribution in [3.63, 3.8) is 0 Å². The molecule has 3 aromatic rings. The molecule has 3 aromatic carbocycles. The van der Waals surface area contributed by atoms with E-state index in [0.29, 0.717) is 10.6 Å². The molecule has 4 nitrogen and oxygen atoms in total. The van der Waals surface area contributed by atoms with Crippen molar-refractivity contribution in [2.75, 3.05) is 0 Å². The summed E-state index contributed by atoms with van der Waals surface area (Å²) in [7, 11) is 0. The van der Waals surface area contributed by atoms with E-state index < -0.39 is 23.5 Å². The molecule has 0 aliphatic carbocycles. The van der Waals surface area contributed by atoms with Crippen molar-refractivity contribution in [3.05, 3.63) is 124 Å². The number of rotatable bonds is 6. The molecule has 1 heterocycles. The highest BCUT2D eigenvalue weighted by Crippen LogP contribution is 2.41. The number of carbonyl (C=O) groups excluding carboxylic acids is 2. The third-order valence-electron chi connectivity index (χ3n) is 5.19. The highest BCUT2D eigenvalue weighted by molar-refractivity contribution is 6.31. The second-order valence-electron chi connectivity index (χ2n) is 7.21. The number of hydrogen-bond donors (Lipinski definition) is 1. The van der Waals surface area contributed by atoms with E-state index in [1.807, 2.05) is 60.7 Å². The van der Waals surface area contributed by atoms with Gasteiger partial charge in [0.05, 0.1) is 11.6 Å². The fourth-order valence-corrected chi connectivity index (χ4v) is 3.93. The summed E-state index contributed by atoms with van der Waals surface area (Å²) in [5.41, 5.74) is 2.35. The molecule has 1 unspecified atom stereocenters. The van der Waals surface area contributed by atoms with Crippen molar-refractivity contribution < 1.29 is 14.7 Å². The first-order chi connectivity index (χ1) is 15.1. The highest BCUT2D eigenvalue weighted by atomic mass is 35.5. The van der Waals surface area contributed by atoms with Gasteiger partial charge in [-0.3, -0.25) is 9.59 Å². The zero-order valence-corrected chi connectivity index (χ0v) is 17.4. The Labute approximate surface area is 185 Å². The van der Waals surface area contributed by atoms with Crippen molar-refractivity contribution >= 4 is 29.4 Å². The minimum Gasteiger partial charge on any atom is -0.503 e. The van der Waals surface area contributed by atoms with Gasteiger partial charge in [0.15, 0.2) is 11.5 Å². The molecule has 1 atom stereocenters. The zero-order valence-electron chi connectivity index (χ0n) is 16.6. The van der Waals surface area contributed by atoms with Gasteiger partial charge in [-0.05, 0) is 28.8 Å². The molecule has 1 aliphatic heterocycles. The second kappa shape index (κ2) is 9.02. The molecular formula is C26H20ClNO3. The standard InChI is InChI=1S/C26H20ClNO3/c27-21-14-8-7-13-20(21)24-23(22(29)16-15-18-9-3-1-4-10-18)25(30)26(31)28(24)17-19-11-5-2-6-12-19/h1-16,24,30H,17H2/b16-15+. The molecule has 0 fully saturated rings. The number of aliphatic hydroxyl groups is 1. The van der Waals surface area contributed by atoms with Crippen LogP contribution < -0.4 is 0 Å². The molecule has 1 aliphatic rings. The van der Waals surface area contributed by atoms with E-state index in [4.69, 9.17) is 11.6 Å². The molecule has 0 aromatic heterocycles. The van der Waals surface area contributed by atoms with Crippen LogP contribution in [0.2, 0.25) is 5.02 Å². The molecule has 0 bridgehead atoms. The van der Waals surface area contributed by atoms with Gasteiger partial charge in [0.25, 0.3) is 5.91 Å². The number of nitrogens with zero attached hydrogens (tertiary/aromatic N) is 1. The lowest BCUT2D eigenvalue weighted by atomic mass is 9.95. The van der Waals surface area contributed by atoms with E-state index in [-0.39, 0.29) is 12.1 Å². The van der Waals surface area contributed by atoms with E-state index >= 15 is 0 Å². The number of benzene rings is 3. The Morgan fingerprint density at radius 1 is 0.935 bits per heavy atom. The summed E-state index contributed by atoms with van der Waals surface area (Å²) in [6.07, 6.45) is 3.04. The minimum absolute atomic E-state index is 0.0289. The van der Waals surface area contributed by atoms with Crippen LogP contribution >= 0.6 is 11.6 Å². The normalized spacial score (nSPS) is 16.4. The van der Waals surface area contributed by atoms with Crippen LogP contribution in [0.25, 0.3) is 6.08 Å². The van der Waals surface area contributed by atoms with Crippen LogP contribution in [-0.2, 0) is 16.1 Å². The zero-order chi connectivity index (χ0) is 21.8. The van der Waals surface area contributed by atoms with Crippen LogP contribution in [0.3, 0.4) is 0 Å². The molecule has 0 saturated carbocycles. The first kappa shape index (κ1) is 20.6. The Kier molecular flexibility index (Phi) is 6.01. The summed E-state index contributed by atoms with van der Waals surface area (Å²) in [5.74, 6) is -1.57. The van der Waals surface area contributed by atoms with Gasteiger partial charge in [-0.2, -0.15) is 0 Å². The van der Waals surface area contributed by atoms with Gasteiger partial charge in [0.2, 0.25) is 0 Å². The van der Waals surface area contributed by atoms with Crippen molar-refractivity contribution in [3.8, 4) is 0 Å². The molecule has 0 spiro atoms. The maximum absolute atomic E-state index is 13.1. The van der Waals surface area contributed by atoms with Crippen LogP contribution in [0.15, 0.2) is 102 Å². The fourth-order valence-electron chi connectivity index (χ4n) is 3.69. The van der Waals surface area contributed by atoms with Crippen LogP contribution in [0.5, 0.6) is 0 Å². The van der Waals surface area contributed by atoms with Gasteiger partial charge < -0.3 is 10.0 Å². The van der Waals surface area contributed by atoms with Gasteiger partial charge in [-0.25, -0.2) is 0 Å². The molecule has 1 N–H and O–H groups in total. The Bertz CT molecular complexity index is 1170. The van der Waals surface area contributed by atoms with E-state index in [0.717, 1.165) is 11.1 Å². The van der Waals surface area contributed by atoms with Gasteiger partial charge in [-0.1, -0.05) is 96.5 Å². The number of ketones is 1. The second-order valence-corrected chi connectivity index (χ2v) is 7.62. The molecule has 1 amide bonds. The Morgan fingerprint density at radius 3 is 2.23 bits per heavy atom. The summed E-state index contributed by atoms with van der Waals surface area (Å²) < 4.78 is 0.